The van der Waals surface area contributed by atoms with Crippen molar-refractivity contribution in [3.05, 3.63) is 59.7 Å². The highest BCUT2D eigenvalue weighted by Crippen LogP contribution is 2.22. The lowest BCUT2D eigenvalue weighted by molar-refractivity contribution is -0.132. The number of anilines is 1. The predicted molar refractivity (Wildman–Crippen MR) is 116 cm³/mol. The van der Waals surface area contributed by atoms with Crippen LogP contribution in [0, 0.1) is 0 Å². The molecular formula is C23H31N3O3. The molecule has 0 aliphatic carbocycles. The summed E-state index contributed by atoms with van der Waals surface area (Å²) in [4.78, 5) is 28.5. The maximum absolute atomic E-state index is 13.0. The molecule has 1 N–H and O–H groups in total. The molecule has 2 aromatic rings. The third kappa shape index (κ3) is 6.52. The van der Waals surface area contributed by atoms with Crippen molar-refractivity contribution in [3.63, 3.8) is 0 Å². The molecule has 2 rings (SSSR count). The monoisotopic (exact) mass is 397 g/mol. The molecule has 6 heteroatoms. The fourth-order valence-corrected chi connectivity index (χ4v) is 3.13. The number of nitrogens with one attached hydrogen (secondary N) is 1. The first-order chi connectivity index (χ1) is 13.8. The Kier molecular flexibility index (Phi) is 8.07. The van der Waals surface area contributed by atoms with Crippen LogP contribution in [0.1, 0.15) is 37.4 Å². The van der Waals surface area contributed by atoms with Gasteiger partial charge in [-0.15, -0.1) is 0 Å². The van der Waals surface area contributed by atoms with Gasteiger partial charge in [0.1, 0.15) is 5.75 Å². The van der Waals surface area contributed by atoms with Crippen molar-refractivity contribution in [2.75, 3.05) is 32.6 Å². The number of nitrogens with zero attached hydrogens (tertiary/aromatic N) is 2. The number of hydrogen-bond acceptors (Lipinski definition) is 4. The quantitative estimate of drug-likeness (QED) is 0.705. The second-order valence-electron chi connectivity index (χ2n) is 7.20. The topological polar surface area (TPSA) is 61.9 Å². The predicted octanol–water partition coefficient (Wildman–Crippen LogP) is 3.38. The van der Waals surface area contributed by atoms with E-state index in [1.165, 1.54) is 6.92 Å². The van der Waals surface area contributed by atoms with Crippen LogP contribution in [0.15, 0.2) is 48.5 Å². The van der Waals surface area contributed by atoms with E-state index in [4.69, 9.17) is 4.74 Å². The number of benzene rings is 2. The molecule has 0 aliphatic heterocycles. The normalized spacial score (nSPS) is 11.5. The van der Waals surface area contributed by atoms with E-state index in [2.05, 4.69) is 5.32 Å². The van der Waals surface area contributed by atoms with Crippen LogP contribution in [0.3, 0.4) is 0 Å². The number of carbonyl (C=O) groups excluding carboxylic acids is 2. The summed E-state index contributed by atoms with van der Waals surface area (Å²) in [5, 5.41) is 2.89. The second kappa shape index (κ2) is 10.5. The summed E-state index contributed by atoms with van der Waals surface area (Å²) in [5.74, 6) is 0.567. The zero-order valence-corrected chi connectivity index (χ0v) is 17.9. The molecule has 1 unspecified atom stereocenters. The van der Waals surface area contributed by atoms with Crippen molar-refractivity contribution in [2.24, 2.45) is 0 Å². The number of methoxy groups -OCH3 is 1. The average molecular weight is 398 g/mol. The van der Waals surface area contributed by atoms with Crippen LogP contribution < -0.4 is 15.0 Å². The average Bonchev–Trinajstić information content (AvgIpc) is 2.71. The molecule has 0 aliphatic rings. The van der Waals surface area contributed by atoms with Gasteiger partial charge in [-0.05, 0) is 42.3 Å². The third-order valence-electron chi connectivity index (χ3n) is 4.84. The number of carbonyl (C=O) groups is 2. The fraction of sp³-hybridized carbons (Fsp3) is 0.391. The second-order valence-corrected chi connectivity index (χ2v) is 7.20. The van der Waals surface area contributed by atoms with Crippen LogP contribution in [-0.4, -0.2) is 44.5 Å². The van der Waals surface area contributed by atoms with E-state index in [-0.39, 0.29) is 24.3 Å². The molecule has 0 aromatic heterocycles. The Labute approximate surface area is 173 Å². The van der Waals surface area contributed by atoms with E-state index in [1.54, 1.807) is 7.11 Å². The minimum Gasteiger partial charge on any atom is -0.497 e. The highest BCUT2D eigenvalue weighted by molar-refractivity contribution is 5.79. The lowest BCUT2D eigenvalue weighted by Gasteiger charge is -2.25. The van der Waals surface area contributed by atoms with E-state index in [1.807, 2.05) is 79.3 Å². The minimum atomic E-state index is -0.379. The molecule has 0 saturated heterocycles. The van der Waals surface area contributed by atoms with Gasteiger partial charge in [0.05, 0.1) is 19.6 Å². The molecule has 156 valence electrons. The molecule has 0 spiro atoms. The first kappa shape index (κ1) is 22.3. The van der Waals surface area contributed by atoms with Crippen molar-refractivity contribution in [3.8, 4) is 5.75 Å². The van der Waals surface area contributed by atoms with Crippen molar-refractivity contribution >= 4 is 17.5 Å². The van der Waals surface area contributed by atoms with Gasteiger partial charge in [-0.25, -0.2) is 0 Å². The first-order valence-corrected chi connectivity index (χ1v) is 9.79. The molecule has 29 heavy (non-hydrogen) atoms. The van der Waals surface area contributed by atoms with Crippen molar-refractivity contribution in [2.45, 2.75) is 32.9 Å². The third-order valence-corrected chi connectivity index (χ3v) is 4.84. The molecule has 2 aromatic carbocycles. The number of ether oxygens (including phenoxy) is 1. The molecule has 0 fully saturated rings. The van der Waals surface area contributed by atoms with E-state index in [0.29, 0.717) is 13.1 Å². The van der Waals surface area contributed by atoms with E-state index in [0.717, 1.165) is 22.6 Å². The Balaban J connectivity index is 2.11. The van der Waals surface area contributed by atoms with Crippen molar-refractivity contribution in [1.29, 1.82) is 0 Å². The van der Waals surface area contributed by atoms with Crippen molar-refractivity contribution < 1.29 is 14.3 Å². The van der Waals surface area contributed by atoms with Gasteiger partial charge in [-0.1, -0.05) is 24.3 Å². The van der Waals surface area contributed by atoms with Crippen LogP contribution in [0.5, 0.6) is 5.75 Å². The van der Waals surface area contributed by atoms with Crippen LogP contribution in [0.4, 0.5) is 5.69 Å². The van der Waals surface area contributed by atoms with Gasteiger partial charge in [0.25, 0.3) is 0 Å². The molecular weight excluding hydrogens is 366 g/mol. The van der Waals surface area contributed by atoms with Crippen LogP contribution >= 0.6 is 0 Å². The van der Waals surface area contributed by atoms with Gasteiger partial charge in [0.2, 0.25) is 11.8 Å². The zero-order valence-electron chi connectivity index (χ0n) is 17.9. The molecule has 0 heterocycles. The van der Waals surface area contributed by atoms with Crippen LogP contribution in [-0.2, 0) is 16.1 Å². The Morgan fingerprint density at radius 3 is 2.14 bits per heavy atom. The summed E-state index contributed by atoms with van der Waals surface area (Å²) in [6.45, 7) is 4.57. The Morgan fingerprint density at radius 1 is 1.03 bits per heavy atom. The van der Waals surface area contributed by atoms with Gasteiger partial charge in [-0.2, -0.15) is 0 Å². The zero-order chi connectivity index (χ0) is 21.4. The Morgan fingerprint density at radius 2 is 1.66 bits per heavy atom. The largest absolute Gasteiger partial charge is 0.497 e. The summed E-state index contributed by atoms with van der Waals surface area (Å²) in [6.07, 6.45) is 0.204. The smallest absolute Gasteiger partial charge is 0.225 e. The lowest BCUT2D eigenvalue weighted by Crippen LogP contribution is -2.35. The number of amides is 2. The van der Waals surface area contributed by atoms with E-state index >= 15 is 0 Å². The highest BCUT2D eigenvalue weighted by atomic mass is 16.5. The van der Waals surface area contributed by atoms with Gasteiger partial charge in [0.15, 0.2) is 0 Å². The molecule has 0 saturated carbocycles. The summed E-state index contributed by atoms with van der Waals surface area (Å²) in [5.41, 5.74) is 3.07. The van der Waals surface area contributed by atoms with Crippen LogP contribution in [0.2, 0.25) is 0 Å². The Bertz CT molecular complexity index is 801. The SMILES string of the molecule is CCN(Cc1ccc(N(C)C)cc1)C(=O)CC(NC(C)=O)c1ccc(OC)cc1. The number of hydrogen-bond donors (Lipinski definition) is 1. The summed E-state index contributed by atoms with van der Waals surface area (Å²) >= 11 is 0. The first-order valence-electron chi connectivity index (χ1n) is 9.79. The lowest BCUT2D eigenvalue weighted by atomic mass is 10.0. The van der Waals surface area contributed by atoms with Crippen LogP contribution in [0.25, 0.3) is 0 Å². The summed E-state index contributed by atoms with van der Waals surface area (Å²) in [7, 11) is 5.60. The van der Waals surface area contributed by atoms with E-state index < -0.39 is 0 Å². The number of rotatable bonds is 9. The fourth-order valence-electron chi connectivity index (χ4n) is 3.13. The molecule has 2 amide bonds. The summed E-state index contributed by atoms with van der Waals surface area (Å²) in [6, 6.07) is 15.2. The van der Waals surface area contributed by atoms with Gasteiger partial charge < -0.3 is 19.9 Å². The molecule has 6 nitrogen and oxygen atoms in total. The maximum atomic E-state index is 13.0. The van der Waals surface area contributed by atoms with E-state index in [9.17, 15) is 9.59 Å². The highest BCUT2D eigenvalue weighted by Gasteiger charge is 2.21. The molecule has 0 bridgehead atoms. The summed E-state index contributed by atoms with van der Waals surface area (Å²) < 4.78 is 5.19. The van der Waals surface area contributed by atoms with Gasteiger partial charge in [-0.3, -0.25) is 9.59 Å². The van der Waals surface area contributed by atoms with Gasteiger partial charge >= 0.3 is 0 Å². The minimum absolute atomic E-state index is 0.00115. The molecule has 0 radical (unpaired) electrons. The Hall–Kier alpha value is -3.02. The standard InChI is InChI=1S/C23H31N3O3/c1-6-26(16-18-7-11-20(12-8-18)25(3)4)23(28)15-22(24-17(2)27)19-9-13-21(29-5)14-10-19/h7-14,22H,6,15-16H2,1-5H3,(H,24,27). The van der Waals surface area contributed by atoms with Crippen molar-refractivity contribution in [1.82, 2.24) is 10.2 Å². The molecule has 1 atom stereocenters. The maximum Gasteiger partial charge on any atom is 0.225 e. The van der Waals surface area contributed by atoms with Gasteiger partial charge in [0, 0.05) is 39.8 Å².